The van der Waals surface area contributed by atoms with Crippen LogP contribution in [0.3, 0.4) is 0 Å². The van der Waals surface area contributed by atoms with E-state index in [0.29, 0.717) is 11.2 Å². The van der Waals surface area contributed by atoms with E-state index in [1.54, 1.807) is 4.57 Å². The van der Waals surface area contributed by atoms with Crippen molar-refractivity contribution in [3.05, 3.63) is 27.5 Å². The number of methoxy groups -OCH3 is 1. The summed E-state index contributed by atoms with van der Waals surface area (Å²) in [6.45, 7) is 1.97. The Hall–Kier alpha value is -1.47. The van der Waals surface area contributed by atoms with Crippen molar-refractivity contribution in [3.8, 4) is 0 Å². The highest BCUT2D eigenvalue weighted by Gasteiger charge is 2.11. The number of nitrogens with zero attached hydrogens (tertiary/aromatic N) is 2. The Labute approximate surface area is 134 Å². The summed E-state index contributed by atoms with van der Waals surface area (Å²) in [4.78, 5) is 28.0. The summed E-state index contributed by atoms with van der Waals surface area (Å²) in [6.07, 6.45) is 1.14. The summed E-state index contributed by atoms with van der Waals surface area (Å²) < 4.78 is 8.32. The molecule has 0 spiro atoms. The molecule has 1 amide bonds. The quantitative estimate of drug-likeness (QED) is 0.777. The number of ether oxygens (including phenoxy) is 1. The number of hydrogen-bond donors (Lipinski definition) is 0. The number of amides is 1. The Balaban J connectivity index is 2.59. The smallest absolute Gasteiger partial charge is 0.325 e. The van der Waals surface area contributed by atoms with Gasteiger partial charge in [0.2, 0.25) is 5.91 Å². The number of esters is 1. The molecule has 0 unspecified atom stereocenters. The van der Waals surface area contributed by atoms with E-state index in [1.807, 2.05) is 25.1 Å². The maximum Gasteiger partial charge on any atom is 0.325 e. The molecule has 0 aliphatic rings. The lowest BCUT2D eigenvalue weighted by Crippen LogP contribution is -2.22. The van der Waals surface area contributed by atoms with Crippen LogP contribution in [0.5, 0.6) is 0 Å². The van der Waals surface area contributed by atoms with E-state index in [1.165, 1.54) is 18.4 Å². The maximum absolute atomic E-state index is 11.8. The third-order valence-corrected chi connectivity index (χ3v) is 4.38. The zero-order chi connectivity index (χ0) is 15.4. The fourth-order valence-corrected chi connectivity index (χ4v) is 3.45. The van der Waals surface area contributed by atoms with Crippen LogP contribution in [-0.2, 0) is 20.9 Å². The van der Waals surface area contributed by atoms with Gasteiger partial charge in [-0.15, -0.1) is 0 Å². The van der Waals surface area contributed by atoms with Gasteiger partial charge in [0.15, 0.2) is 4.80 Å². The number of aromatic nitrogens is 1. The Bertz CT molecular complexity index is 748. The highest BCUT2D eigenvalue weighted by Crippen LogP contribution is 2.22. The second-order valence-corrected chi connectivity index (χ2v) is 6.34. The lowest BCUT2D eigenvalue weighted by atomic mass is 10.3. The molecule has 0 N–H and O–H groups in total. The normalized spacial score (nSPS) is 11.9. The molecular formula is C14H15BrN2O3S. The average Bonchev–Trinajstić information content (AvgIpc) is 2.75. The van der Waals surface area contributed by atoms with Crippen LogP contribution in [0.15, 0.2) is 27.7 Å². The topological polar surface area (TPSA) is 60.7 Å². The molecule has 0 fully saturated rings. The second kappa shape index (κ2) is 7.00. The molecular weight excluding hydrogens is 356 g/mol. The first kappa shape index (κ1) is 15.9. The van der Waals surface area contributed by atoms with E-state index >= 15 is 0 Å². The minimum Gasteiger partial charge on any atom is -0.468 e. The average molecular weight is 371 g/mol. The zero-order valence-electron chi connectivity index (χ0n) is 11.8. The van der Waals surface area contributed by atoms with Crippen molar-refractivity contribution >= 4 is 49.4 Å². The van der Waals surface area contributed by atoms with E-state index in [2.05, 4.69) is 20.9 Å². The molecule has 0 saturated heterocycles. The van der Waals surface area contributed by atoms with Gasteiger partial charge in [0.05, 0.1) is 17.3 Å². The highest BCUT2D eigenvalue weighted by molar-refractivity contribution is 9.10. The van der Waals surface area contributed by atoms with Crippen molar-refractivity contribution in [2.75, 3.05) is 7.11 Å². The lowest BCUT2D eigenvalue weighted by molar-refractivity contribution is -0.141. The van der Waals surface area contributed by atoms with E-state index in [9.17, 15) is 9.59 Å². The second-order valence-electron chi connectivity index (χ2n) is 4.41. The summed E-state index contributed by atoms with van der Waals surface area (Å²) in [7, 11) is 1.34. The summed E-state index contributed by atoms with van der Waals surface area (Å²) in [5, 5.41) is 0. The van der Waals surface area contributed by atoms with Gasteiger partial charge < -0.3 is 9.30 Å². The minimum absolute atomic E-state index is 0.0381. The van der Waals surface area contributed by atoms with Crippen molar-refractivity contribution in [2.24, 2.45) is 4.99 Å². The molecule has 0 radical (unpaired) electrons. The van der Waals surface area contributed by atoms with Crippen LogP contribution in [-0.4, -0.2) is 23.6 Å². The Morgan fingerprint density at radius 2 is 2.19 bits per heavy atom. The number of hydrogen-bond acceptors (Lipinski definition) is 4. The van der Waals surface area contributed by atoms with Crippen LogP contribution in [0.4, 0.5) is 0 Å². The van der Waals surface area contributed by atoms with Gasteiger partial charge in [-0.1, -0.05) is 34.2 Å². The summed E-state index contributed by atoms with van der Waals surface area (Å²) >= 11 is 4.80. The number of thiazole rings is 1. The standard InChI is InChI=1S/C14H15BrN2O3S/c1-3-4-12(18)16-14-17(8-13(19)20-2)10-6-5-9(15)7-11(10)21-14/h5-7H,3-4,8H2,1-2H3. The third-order valence-electron chi connectivity index (χ3n) is 2.84. The number of halogens is 1. The van der Waals surface area contributed by atoms with Crippen molar-refractivity contribution in [1.29, 1.82) is 0 Å². The molecule has 1 heterocycles. The molecule has 0 atom stereocenters. The zero-order valence-corrected chi connectivity index (χ0v) is 14.2. The van der Waals surface area contributed by atoms with E-state index < -0.39 is 0 Å². The van der Waals surface area contributed by atoms with E-state index in [4.69, 9.17) is 4.74 Å². The van der Waals surface area contributed by atoms with Crippen LogP contribution >= 0.6 is 27.3 Å². The largest absolute Gasteiger partial charge is 0.468 e. The van der Waals surface area contributed by atoms with Gasteiger partial charge in [-0.2, -0.15) is 4.99 Å². The molecule has 1 aromatic heterocycles. The van der Waals surface area contributed by atoms with Crippen LogP contribution in [0.1, 0.15) is 19.8 Å². The molecule has 2 rings (SSSR count). The van der Waals surface area contributed by atoms with Crippen molar-refractivity contribution in [1.82, 2.24) is 4.57 Å². The molecule has 112 valence electrons. The summed E-state index contributed by atoms with van der Waals surface area (Å²) in [5.41, 5.74) is 0.858. The summed E-state index contributed by atoms with van der Waals surface area (Å²) in [5.74, 6) is -0.552. The monoisotopic (exact) mass is 370 g/mol. The first-order valence-electron chi connectivity index (χ1n) is 6.48. The van der Waals surface area contributed by atoms with E-state index in [0.717, 1.165) is 21.1 Å². The molecule has 5 nitrogen and oxygen atoms in total. The number of benzene rings is 1. The number of carbonyl (C=O) groups is 2. The van der Waals surface area contributed by atoms with Crippen LogP contribution < -0.4 is 4.80 Å². The van der Waals surface area contributed by atoms with E-state index in [-0.39, 0.29) is 18.4 Å². The predicted octanol–water partition coefficient (Wildman–Crippen LogP) is 2.87. The molecule has 0 aliphatic carbocycles. The maximum atomic E-state index is 11.8. The van der Waals surface area contributed by atoms with Gasteiger partial charge in [-0.25, -0.2) is 0 Å². The van der Waals surface area contributed by atoms with Gasteiger partial charge in [-0.3, -0.25) is 9.59 Å². The predicted molar refractivity (Wildman–Crippen MR) is 85.0 cm³/mol. The van der Waals surface area contributed by atoms with Gasteiger partial charge in [-0.05, 0) is 24.6 Å². The minimum atomic E-state index is -0.373. The Morgan fingerprint density at radius 3 is 2.86 bits per heavy atom. The van der Waals surface area contributed by atoms with Gasteiger partial charge in [0.25, 0.3) is 0 Å². The number of rotatable bonds is 4. The van der Waals surface area contributed by atoms with Gasteiger partial charge in [0.1, 0.15) is 6.54 Å². The van der Waals surface area contributed by atoms with Crippen LogP contribution in [0.25, 0.3) is 10.2 Å². The fraction of sp³-hybridized carbons (Fsp3) is 0.357. The van der Waals surface area contributed by atoms with Crippen molar-refractivity contribution in [3.63, 3.8) is 0 Å². The first-order valence-corrected chi connectivity index (χ1v) is 8.09. The summed E-state index contributed by atoms with van der Waals surface area (Å²) in [6, 6.07) is 5.72. The molecule has 0 aliphatic heterocycles. The third kappa shape index (κ3) is 3.79. The van der Waals surface area contributed by atoms with Gasteiger partial charge >= 0.3 is 5.97 Å². The molecule has 0 bridgehead atoms. The lowest BCUT2D eigenvalue weighted by Gasteiger charge is -2.03. The molecule has 0 saturated carbocycles. The van der Waals surface area contributed by atoms with Crippen LogP contribution in [0, 0.1) is 0 Å². The van der Waals surface area contributed by atoms with Crippen molar-refractivity contribution < 1.29 is 14.3 Å². The molecule has 2 aromatic rings. The fourth-order valence-electron chi connectivity index (χ4n) is 1.86. The van der Waals surface area contributed by atoms with Gasteiger partial charge in [0, 0.05) is 10.9 Å². The first-order chi connectivity index (χ1) is 10.0. The number of fused-ring (bicyclic) bond motifs is 1. The van der Waals surface area contributed by atoms with Crippen LogP contribution in [0.2, 0.25) is 0 Å². The SMILES string of the molecule is CCCC(=O)N=c1sc2cc(Br)ccc2n1CC(=O)OC. The molecule has 21 heavy (non-hydrogen) atoms. The number of carbonyl (C=O) groups excluding carboxylic acids is 2. The molecule has 7 heteroatoms. The highest BCUT2D eigenvalue weighted by atomic mass is 79.9. The Morgan fingerprint density at radius 1 is 1.43 bits per heavy atom. The molecule has 1 aromatic carbocycles. The Kier molecular flexibility index (Phi) is 5.30. The van der Waals surface area contributed by atoms with Crippen molar-refractivity contribution in [2.45, 2.75) is 26.3 Å².